The van der Waals surface area contributed by atoms with Gasteiger partial charge in [0.2, 0.25) is 0 Å². The molecule has 23 heavy (non-hydrogen) atoms. The van der Waals surface area contributed by atoms with Crippen LogP contribution in [-0.2, 0) is 13.0 Å². The van der Waals surface area contributed by atoms with Crippen LogP contribution in [0.15, 0.2) is 84.9 Å². The van der Waals surface area contributed by atoms with Gasteiger partial charge in [-0.15, -0.1) is 0 Å². The molecule has 1 heterocycles. The van der Waals surface area contributed by atoms with Crippen LogP contribution in [0.25, 0.3) is 0 Å². The smallest absolute Gasteiger partial charge is 0.0482 e. The van der Waals surface area contributed by atoms with E-state index in [2.05, 4.69) is 89.8 Å². The van der Waals surface area contributed by atoms with E-state index in [9.17, 15) is 0 Å². The lowest BCUT2D eigenvalue weighted by Gasteiger charge is -2.10. The third-order valence-electron chi connectivity index (χ3n) is 4.59. The molecule has 0 aromatic heterocycles. The molecule has 1 aliphatic rings. The summed E-state index contributed by atoms with van der Waals surface area (Å²) in [6.45, 7) is 2.21. The summed E-state index contributed by atoms with van der Waals surface area (Å²) in [5.41, 5.74) is 5.73. The first-order valence-electron chi connectivity index (χ1n) is 8.30. The van der Waals surface area contributed by atoms with Crippen molar-refractivity contribution >= 4 is 0 Å². The molecular formula is C22H21N. The zero-order chi connectivity index (χ0) is 15.5. The summed E-state index contributed by atoms with van der Waals surface area (Å²) in [5, 5.41) is 0. The molecule has 0 radical (unpaired) electrons. The molecule has 1 nitrogen and oxygen atoms in total. The SMILES string of the molecule is c1ccc(Cc2ccccc2C2CN2Cc2ccccc2)cc1. The Hall–Kier alpha value is -2.38. The molecule has 0 spiro atoms. The topological polar surface area (TPSA) is 3.01 Å². The van der Waals surface area contributed by atoms with Gasteiger partial charge in [-0.2, -0.15) is 0 Å². The van der Waals surface area contributed by atoms with Crippen LogP contribution in [0.1, 0.15) is 28.3 Å². The van der Waals surface area contributed by atoms with Gasteiger partial charge in [0.15, 0.2) is 0 Å². The Bertz CT molecular complexity index is 764. The molecule has 4 rings (SSSR count). The van der Waals surface area contributed by atoms with Crippen LogP contribution in [-0.4, -0.2) is 11.4 Å². The van der Waals surface area contributed by atoms with Crippen molar-refractivity contribution in [2.75, 3.05) is 6.54 Å². The molecule has 2 atom stereocenters. The number of hydrogen-bond donors (Lipinski definition) is 0. The molecule has 1 saturated heterocycles. The van der Waals surface area contributed by atoms with Crippen molar-refractivity contribution in [1.29, 1.82) is 0 Å². The van der Waals surface area contributed by atoms with E-state index < -0.39 is 0 Å². The minimum atomic E-state index is 0.579. The van der Waals surface area contributed by atoms with Crippen LogP contribution in [0.2, 0.25) is 0 Å². The van der Waals surface area contributed by atoms with Gasteiger partial charge in [0, 0.05) is 19.1 Å². The van der Waals surface area contributed by atoms with Crippen LogP contribution < -0.4 is 0 Å². The minimum absolute atomic E-state index is 0.579. The molecule has 3 aromatic carbocycles. The molecule has 1 aliphatic heterocycles. The van der Waals surface area contributed by atoms with Crippen LogP contribution in [0.5, 0.6) is 0 Å². The Morgan fingerprint density at radius 3 is 2.04 bits per heavy atom. The molecule has 0 N–H and O–H groups in total. The fraction of sp³-hybridized carbons (Fsp3) is 0.182. The second-order valence-corrected chi connectivity index (χ2v) is 6.29. The predicted molar refractivity (Wildman–Crippen MR) is 95.3 cm³/mol. The number of benzene rings is 3. The molecular weight excluding hydrogens is 278 g/mol. The number of rotatable bonds is 5. The average molecular weight is 299 g/mol. The van der Waals surface area contributed by atoms with Gasteiger partial charge in [-0.3, -0.25) is 4.90 Å². The summed E-state index contributed by atoms with van der Waals surface area (Å²) >= 11 is 0. The van der Waals surface area contributed by atoms with Crippen LogP contribution in [0, 0.1) is 0 Å². The van der Waals surface area contributed by atoms with E-state index in [-0.39, 0.29) is 0 Å². The van der Waals surface area contributed by atoms with Gasteiger partial charge in [0.1, 0.15) is 0 Å². The highest BCUT2D eigenvalue weighted by molar-refractivity contribution is 5.37. The number of nitrogens with zero attached hydrogens (tertiary/aromatic N) is 1. The second kappa shape index (κ2) is 6.39. The largest absolute Gasteiger partial charge is 0.289 e. The second-order valence-electron chi connectivity index (χ2n) is 6.29. The zero-order valence-corrected chi connectivity index (χ0v) is 13.2. The highest BCUT2D eigenvalue weighted by Gasteiger charge is 2.36. The van der Waals surface area contributed by atoms with E-state index in [1.807, 2.05) is 0 Å². The van der Waals surface area contributed by atoms with E-state index in [1.54, 1.807) is 0 Å². The molecule has 1 fully saturated rings. The van der Waals surface area contributed by atoms with Crippen molar-refractivity contribution in [3.05, 3.63) is 107 Å². The lowest BCUT2D eigenvalue weighted by atomic mass is 9.98. The molecule has 0 amide bonds. The van der Waals surface area contributed by atoms with E-state index in [4.69, 9.17) is 0 Å². The first-order chi connectivity index (χ1) is 11.4. The van der Waals surface area contributed by atoms with Crippen LogP contribution >= 0.6 is 0 Å². The molecule has 3 aromatic rings. The lowest BCUT2D eigenvalue weighted by Crippen LogP contribution is -2.01. The van der Waals surface area contributed by atoms with Crippen LogP contribution in [0.3, 0.4) is 0 Å². The van der Waals surface area contributed by atoms with Gasteiger partial charge in [0.05, 0.1) is 0 Å². The first kappa shape index (κ1) is 14.2. The third-order valence-corrected chi connectivity index (χ3v) is 4.59. The lowest BCUT2D eigenvalue weighted by molar-refractivity contribution is 0.508. The van der Waals surface area contributed by atoms with Crippen molar-refractivity contribution < 1.29 is 0 Å². The minimum Gasteiger partial charge on any atom is -0.289 e. The molecule has 0 saturated carbocycles. The van der Waals surface area contributed by atoms with Gasteiger partial charge in [-0.25, -0.2) is 0 Å². The molecule has 2 unspecified atom stereocenters. The van der Waals surface area contributed by atoms with Crippen molar-refractivity contribution in [3.63, 3.8) is 0 Å². The van der Waals surface area contributed by atoms with E-state index in [0.29, 0.717) is 6.04 Å². The van der Waals surface area contributed by atoms with Gasteiger partial charge in [-0.1, -0.05) is 84.9 Å². The Kier molecular flexibility index (Phi) is 3.95. The van der Waals surface area contributed by atoms with Gasteiger partial charge < -0.3 is 0 Å². The summed E-state index contributed by atoms with van der Waals surface area (Å²) in [5.74, 6) is 0. The van der Waals surface area contributed by atoms with Gasteiger partial charge in [0.25, 0.3) is 0 Å². The van der Waals surface area contributed by atoms with E-state index in [1.165, 1.54) is 28.8 Å². The number of hydrogen-bond acceptors (Lipinski definition) is 1. The highest BCUT2D eigenvalue weighted by atomic mass is 15.3. The first-order valence-corrected chi connectivity index (χ1v) is 8.30. The quantitative estimate of drug-likeness (QED) is 0.610. The Morgan fingerprint density at radius 2 is 1.30 bits per heavy atom. The maximum atomic E-state index is 2.54. The summed E-state index contributed by atoms with van der Waals surface area (Å²) in [7, 11) is 0. The summed E-state index contributed by atoms with van der Waals surface area (Å²) in [4.78, 5) is 2.54. The van der Waals surface area contributed by atoms with Crippen molar-refractivity contribution in [3.8, 4) is 0 Å². The normalized spacial score (nSPS) is 19.5. The maximum absolute atomic E-state index is 2.54. The average Bonchev–Trinajstić information content (AvgIpc) is 3.36. The van der Waals surface area contributed by atoms with Gasteiger partial charge >= 0.3 is 0 Å². The van der Waals surface area contributed by atoms with E-state index in [0.717, 1.165) is 13.0 Å². The van der Waals surface area contributed by atoms with Gasteiger partial charge in [-0.05, 0) is 28.7 Å². The molecule has 0 aliphatic carbocycles. The Balaban J connectivity index is 1.50. The zero-order valence-electron chi connectivity index (χ0n) is 13.2. The summed E-state index contributed by atoms with van der Waals surface area (Å²) in [6.07, 6.45) is 1.02. The summed E-state index contributed by atoms with van der Waals surface area (Å²) < 4.78 is 0. The maximum Gasteiger partial charge on any atom is 0.0482 e. The molecule has 114 valence electrons. The Morgan fingerprint density at radius 1 is 0.696 bits per heavy atom. The monoisotopic (exact) mass is 299 g/mol. The summed E-state index contributed by atoms with van der Waals surface area (Å²) in [6, 6.07) is 31.0. The third kappa shape index (κ3) is 3.35. The fourth-order valence-electron chi connectivity index (χ4n) is 3.30. The predicted octanol–water partition coefficient (Wildman–Crippen LogP) is 4.83. The van der Waals surface area contributed by atoms with Crippen molar-refractivity contribution in [2.24, 2.45) is 0 Å². The fourth-order valence-corrected chi connectivity index (χ4v) is 3.30. The molecule has 1 heteroatoms. The molecule has 0 bridgehead atoms. The Labute approximate surface area is 138 Å². The highest BCUT2D eigenvalue weighted by Crippen LogP contribution is 2.38. The van der Waals surface area contributed by atoms with Crippen LogP contribution in [0.4, 0.5) is 0 Å². The van der Waals surface area contributed by atoms with Crippen molar-refractivity contribution in [1.82, 2.24) is 4.90 Å². The van der Waals surface area contributed by atoms with Crippen molar-refractivity contribution in [2.45, 2.75) is 19.0 Å². The van der Waals surface area contributed by atoms with E-state index >= 15 is 0 Å². The standard InChI is InChI=1S/C22H21N/c1-3-9-18(10-4-1)15-20-13-7-8-14-21(20)22-17-23(22)16-19-11-5-2-6-12-19/h1-14,22H,15-17H2.